The van der Waals surface area contributed by atoms with E-state index in [9.17, 15) is 22.4 Å². The topological polar surface area (TPSA) is 80.9 Å². The van der Waals surface area contributed by atoms with E-state index in [-0.39, 0.29) is 10.3 Å². The molecule has 1 heterocycles. The summed E-state index contributed by atoms with van der Waals surface area (Å²) >= 11 is 0.805. The van der Waals surface area contributed by atoms with E-state index >= 15 is 0 Å². The summed E-state index contributed by atoms with van der Waals surface area (Å²) in [5.41, 5.74) is 3.41. The minimum Gasteiger partial charge on any atom is -0.374 e. The number of amides is 1. The van der Waals surface area contributed by atoms with Gasteiger partial charge < -0.3 is 5.73 Å². The molecule has 0 atom stereocenters. The number of halogens is 4. The average Bonchev–Trinajstić information content (AvgIpc) is 2.73. The van der Waals surface area contributed by atoms with Gasteiger partial charge in [0.05, 0.1) is 11.1 Å². The molecular weight excluding hydrogens is 300 g/mol. The van der Waals surface area contributed by atoms with Gasteiger partial charge in [0.15, 0.2) is 0 Å². The highest BCUT2D eigenvalue weighted by atomic mass is 32.1. The third-order valence-corrected chi connectivity index (χ3v) is 2.87. The summed E-state index contributed by atoms with van der Waals surface area (Å²) in [7, 11) is 0. The third kappa shape index (κ3) is 3.02. The summed E-state index contributed by atoms with van der Waals surface area (Å²) in [5, 5.41) is 8.99. The van der Waals surface area contributed by atoms with Crippen LogP contribution in [0.25, 0.3) is 0 Å². The maximum atomic E-state index is 13.4. The van der Waals surface area contributed by atoms with Gasteiger partial charge in [-0.1, -0.05) is 11.3 Å². The van der Waals surface area contributed by atoms with Crippen LogP contribution < -0.4 is 11.1 Å². The number of hydrogen-bond donors (Lipinski definition) is 2. The van der Waals surface area contributed by atoms with Crippen LogP contribution in [0.15, 0.2) is 18.2 Å². The van der Waals surface area contributed by atoms with Crippen LogP contribution in [0, 0.1) is 5.82 Å². The number of aromatic nitrogens is 2. The number of nitrogen functional groups attached to an aromatic ring is 1. The Labute approximate surface area is 113 Å². The largest absolute Gasteiger partial charge is 0.416 e. The second-order valence-corrected chi connectivity index (χ2v) is 4.60. The molecule has 0 bridgehead atoms. The van der Waals surface area contributed by atoms with Gasteiger partial charge in [-0.2, -0.15) is 13.2 Å². The molecule has 0 unspecified atom stereocenters. The number of hydrogen-bond acceptors (Lipinski definition) is 5. The van der Waals surface area contributed by atoms with Gasteiger partial charge in [-0.25, -0.2) is 4.39 Å². The van der Waals surface area contributed by atoms with E-state index in [2.05, 4.69) is 15.5 Å². The van der Waals surface area contributed by atoms with E-state index in [0.717, 1.165) is 11.3 Å². The van der Waals surface area contributed by atoms with Crippen molar-refractivity contribution in [1.82, 2.24) is 10.2 Å². The molecule has 0 aliphatic rings. The first kappa shape index (κ1) is 14.2. The predicted octanol–water partition coefficient (Wildman–Crippen LogP) is 2.53. The van der Waals surface area contributed by atoms with E-state index in [0.29, 0.717) is 18.2 Å². The smallest absolute Gasteiger partial charge is 0.374 e. The number of nitrogens with zero attached hydrogens (tertiary/aromatic N) is 2. The second-order valence-electron chi connectivity index (χ2n) is 3.59. The normalized spacial score (nSPS) is 11.4. The van der Waals surface area contributed by atoms with Gasteiger partial charge in [0.1, 0.15) is 5.82 Å². The lowest BCUT2D eigenvalue weighted by Gasteiger charge is -2.09. The third-order valence-electron chi connectivity index (χ3n) is 2.20. The number of anilines is 2. The summed E-state index contributed by atoms with van der Waals surface area (Å²) < 4.78 is 50.9. The van der Waals surface area contributed by atoms with Crippen LogP contribution in [0.1, 0.15) is 15.9 Å². The number of rotatable bonds is 2. The molecule has 0 aliphatic heterocycles. The Bertz CT molecular complexity index is 655. The van der Waals surface area contributed by atoms with Crippen LogP contribution >= 0.6 is 11.3 Å². The van der Waals surface area contributed by atoms with Crippen molar-refractivity contribution >= 4 is 27.5 Å². The number of carbonyl (C=O) groups excluding carboxylic acids is 1. The lowest BCUT2D eigenvalue weighted by molar-refractivity contribution is -0.137. The van der Waals surface area contributed by atoms with Gasteiger partial charge in [-0.15, -0.1) is 10.2 Å². The van der Waals surface area contributed by atoms with Gasteiger partial charge in [0.25, 0.3) is 5.91 Å². The summed E-state index contributed by atoms with van der Waals surface area (Å²) in [4.78, 5) is 11.7. The van der Waals surface area contributed by atoms with Crippen molar-refractivity contribution < 1.29 is 22.4 Å². The van der Waals surface area contributed by atoms with E-state index in [4.69, 9.17) is 5.73 Å². The quantitative estimate of drug-likeness (QED) is 0.835. The molecule has 106 valence electrons. The molecule has 1 amide bonds. The average molecular weight is 306 g/mol. The maximum Gasteiger partial charge on any atom is 0.416 e. The summed E-state index contributed by atoms with van der Waals surface area (Å²) in [6.07, 6.45) is -4.67. The van der Waals surface area contributed by atoms with Gasteiger partial charge in [-0.05, 0) is 18.2 Å². The highest BCUT2D eigenvalue weighted by molar-refractivity contribution is 7.19. The standard InChI is InChI=1S/C10H6F4N4OS/c11-6-2-1-4(10(12,13)14)3-5(6)7(19)16-9-18-17-8(15)20-9/h1-3H,(H2,15,17)(H,16,18,19). The van der Waals surface area contributed by atoms with Crippen LogP contribution in [0.5, 0.6) is 0 Å². The highest BCUT2D eigenvalue weighted by Gasteiger charge is 2.32. The summed E-state index contributed by atoms with van der Waals surface area (Å²) in [6.45, 7) is 0. The van der Waals surface area contributed by atoms with Crippen LogP contribution in [-0.4, -0.2) is 16.1 Å². The zero-order chi connectivity index (χ0) is 14.9. The maximum absolute atomic E-state index is 13.4. The first-order valence-corrected chi connectivity index (χ1v) is 5.86. The zero-order valence-corrected chi connectivity index (χ0v) is 10.3. The van der Waals surface area contributed by atoms with Crippen LogP contribution in [-0.2, 0) is 6.18 Å². The molecule has 0 saturated heterocycles. The van der Waals surface area contributed by atoms with Crippen LogP contribution in [0.4, 0.5) is 27.8 Å². The molecular formula is C10H6F4N4OS. The molecule has 3 N–H and O–H groups in total. The highest BCUT2D eigenvalue weighted by Crippen LogP contribution is 2.30. The lowest BCUT2D eigenvalue weighted by atomic mass is 10.1. The molecule has 0 saturated carbocycles. The fourth-order valence-corrected chi connectivity index (χ4v) is 1.83. The second kappa shape index (κ2) is 5.04. The SMILES string of the molecule is Nc1nnc(NC(=O)c2cc(C(F)(F)F)ccc2F)s1. The number of benzene rings is 1. The fraction of sp³-hybridized carbons (Fsp3) is 0.100. The lowest BCUT2D eigenvalue weighted by Crippen LogP contribution is -2.15. The molecule has 1 aromatic heterocycles. The van der Waals surface area contributed by atoms with Gasteiger partial charge in [0, 0.05) is 0 Å². The van der Waals surface area contributed by atoms with Crippen molar-refractivity contribution in [3.05, 3.63) is 35.1 Å². The Hall–Kier alpha value is -2.23. The Balaban J connectivity index is 2.29. The minimum absolute atomic E-state index is 0.0377. The number of nitrogens with one attached hydrogen (secondary N) is 1. The van der Waals surface area contributed by atoms with Crippen molar-refractivity contribution in [2.75, 3.05) is 11.1 Å². The Morgan fingerprint density at radius 1 is 1.30 bits per heavy atom. The summed E-state index contributed by atoms with van der Waals surface area (Å²) in [5.74, 6) is -2.14. The first-order valence-electron chi connectivity index (χ1n) is 5.04. The Kier molecular flexibility index (Phi) is 3.57. The molecule has 1 aromatic carbocycles. The molecule has 2 rings (SSSR count). The van der Waals surface area contributed by atoms with Crippen molar-refractivity contribution in [2.24, 2.45) is 0 Å². The van der Waals surface area contributed by atoms with Gasteiger partial charge >= 0.3 is 6.18 Å². The fourth-order valence-electron chi connectivity index (χ4n) is 1.33. The van der Waals surface area contributed by atoms with E-state index in [1.165, 1.54) is 0 Å². The Morgan fingerprint density at radius 2 is 2.00 bits per heavy atom. The van der Waals surface area contributed by atoms with Crippen molar-refractivity contribution in [3.63, 3.8) is 0 Å². The number of alkyl halides is 3. The zero-order valence-electron chi connectivity index (χ0n) is 9.53. The monoisotopic (exact) mass is 306 g/mol. The Morgan fingerprint density at radius 3 is 2.55 bits per heavy atom. The first-order chi connectivity index (χ1) is 9.27. The molecule has 5 nitrogen and oxygen atoms in total. The molecule has 0 aliphatic carbocycles. The van der Waals surface area contributed by atoms with Gasteiger partial charge in [0.2, 0.25) is 10.3 Å². The van der Waals surface area contributed by atoms with Crippen molar-refractivity contribution in [2.45, 2.75) is 6.18 Å². The number of nitrogens with two attached hydrogens (primary N) is 1. The molecule has 0 spiro atoms. The van der Waals surface area contributed by atoms with Crippen LogP contribution in [0.2, 0.25) is 0 Å². The van der Waals surface area contributed by atoms with E-state index in [1.807, 2.05) is 0 Å². The summed E-state index contributed by atoms with van der Waals surface area (Å²) in [6, 6.07) is 1.55. The van der Waals surface area contributed by atoms with E-state index < -0.39 is 29.0 Å². The van der Waals surface area contributed by atoms with E-state index in [1.54, 1.807) is 0 Å². The number of carbonyl (C=O) groups is 1. The molecule has 0 radical (unpaired) electrons. The molecule has 2 aromatic rings. The van der Waals surface area contributed by atoms with Crippen molar-refractivity contribution in [1.29, 1.82) is 0 Å². The predicted molar refractivity (Wildman–Crippen MR) is 63.7 cm³/mol. The molecule has 10 heteroatoms. The van der Waals surface area contributed by atoms with Crippen molar-refractivity contribution in [3.8, 4) is 0 Å². The molecule has 20 heavy (non-hydrogen) atoms. The van der Waals surface area contributed by atoms with Gasteiger partial charge in [-0.3, -0.25) is 10.1 Å². The molecule has 0 fully saturated rings. The van der Waals surface area contributed by atoms with Crippen LogP contribution in [0.3, 0.4) is 0 Å². The minimum atomic E-state index is -4.67.